The van der Waals surface area contributed by atoms with Crippen LogP contribution in [0.5, 0.6) is 0 Å². The number of benzene rings is 3. The average Bonchev–Trinajstić information content (AvgIpc) is 2.84. The van der Waals surface area contributed by atoms with Gasteiger partial charge in [0.15, 0.2) is 0 Å². The van der Waals surface area contributed by atoms with E-state index in [1.807, 2.05) is 30.3 Å². The molecule has 0 spiro atoms. The van der Waals surface area contributed by atoms with Gasteiger partial charge in [-0.1, -0.05) is 101 Å². The van der Waals surface area contributed by atoms with Crippen LogP contribution in [0, 0.1) is 29.5 Å². The molecule has 0 bridgehead atoms. The Balaban J connectivity index is 1.41. The van der Waals surface area contributed by atoms with Gasteiger partial charge in [0, 0.05) is 10.9 Å². The van der Waals surface area contributed by atoms with Crippen LogP contribution in [0.1, 0.15) is 81.0 Å². The van der Waals surface area contributed by atoms with Crippen molar-refractivity contribution in [1.82, 2.24) is 0 Å². The minimum Gasteiger partial charge on any atom is -0.205 e. The van der Waals surface area contributed by atoms with Crippen molar-refractivity contribution >= 4 is 10.8 Å². The normalized spacial score (nSPS) is 18.3. The quantitative estimate of drug-likeness (QED) is 0.347. The number of aryl methyl sites for hydroxylation is 2. The van der Waals surface area contributed by atoms with Crippen molar-refractivity contribution < 1.29 is 4.39 Å². The lowest BCUT2D eigenvalue weighted by Gasteiger charge is -2.28. The summed E-state index contributed by atoms with van der Waals surface area (Å²) in [4.78, 5) is 0. The first-order valence-electron chi connectivity index (χ1n) is 12.5. The molecule has 0 heterocycles. The molecular weight excluding hydrogens is 391 g/mol. The van der Waals surface area contributed by atoms with Crippen LogP contribution in [0.2, 0.25) is 0 Å². The Hall–Kier alpha value is -2.59. The third-order valence-corrected chi connectivity index (χ3v) is 7.23. The van der Waals surface area contributed by atoms with E-state index < -0.39 is 0 Å². The molecule has 3 aromatic rings. The summed E-state index contributed by atoms with van der Waals surface area (Å²) in [5.41, 5.74) is 3.99. The summed E-state index contributed by atoms with van der Waals surface area (Å²) in [5, 5.41) is 1.64. The molecule has 0 unspecified atom stereocenters. The smallest absolute Gasteiger partial charge is 0.146 e. The Morgan fingerprint density at radius 3 is 2.16 bits per heavy atom. The Labute approximate surface area is 193 Å². The number of halogens is 1. The molecule has 4 rings (SSSR count). The summed E-state index contributed by atoms with van der Waals surface area (Å²) in [6.07, 6.45) is 11.7. The highest BCUT2D eigenvalue weighted by atomic mass is 19.1. The fourth-order valence-electron chi connectivity index (χ4n) is 5.14. The fourth-order valence-corrected chi connectivity index (χ4v) is 5.14. The minimum absolute atomic E-state index is 0.207. The van der Waals surface area contributed by atoms with E-state index in [1.54, 1.807) is 0 Å². The standard InChI is InChI=1S/C31H35F/c1-3-5-24-10-12-25(13-11-24)14-15-27-17-21-30-29(22-27)20-19-28(31(30)32)18-16-26-8-6-23(4-2)7-9-26/h6-9,17,19-22,24-25H,3-5,10-15H2,1-2H3. The van der Waals surface area contributed by atoms with Crippen LogP contribution in [0.15, 0.2) is 54.6 Å². The van der Waals surface area contributed by atoms with Crippen molar-refractivity contribution in [2.24, 2.45) is 11.8 Å². The van der Waals surface area contributed by atoms with Gasteiger partial charge in [-0.05, 0) is 65.8 Å². The lowest BCUT2D eigenvalue weighted by molar-refractivity contribution is 0.252. The van der Waals surface area contributed by atoms with E-state index in [0.717, 1.165) is 35.6 Å². The molecule has 1 fully saturated rings. The maximum Gasteiger partial charge on any atom is 0.146 e. The van der Waals surface area contributed by atoms with E-state index in [2.05, 4.69) is 50.0 Å². The summed E-state index contributed by atoms with van der Waals surface area (Å²) in [5.74, 6) is 7.75. The summed E-state index contributed by atoms with van der Waals surface area (Å²) >= 11 is 0. The van der Waals surface area contributed by atoms with Crippen molar-refractivity contribution in [1.29, 1.82) is 0 Å². The predicted octanol–water partition coefficient (Wildman–Crippen LogP) is 8.48. The molecule has 0 atom stereocenters. The van der Waals surface area contributed by atoms with Crippen molar-refractivity contribution in [3.05, 3.63) is 82.7 Å². The first kappa shape index (κ1) is 22.6. The van der Waals surface area contributed by atoms with Gasteiger partial charge in [-0.25, -0.2) is 4.39 Å². The largest absolute Gasteiger partial charge is 0.205 e. The molecule has 0 radical (unpaired) electrons. The second-order valence-corrected chi connectivity index (χ2v) is 9.50. The van der Waals surface area contributed by atoms with Crippen LogP contribution in [0.4, 0.5) is 4.39 Å². The number of rotatable bonds is 6. The highest BCUT2D eigenvalue weighted by Crippen LogP contribution is 2.34. The third-order valence-electron chi connectivity index (χ3n) is 7.23. The van der Waals surface area contributed by atoms with Crippen LogP contribution in [0.3, 0.4) is 0 Å². The van der Waals surface area contributed by atoms with Crippen LogP contribution >= 0.6 is 0 Å². The lowest BCUT2D eigenvalue weighted by atomic mass is 9.78. The average molecular weight is 427 g/mol. The van der Waals surface area contributed by atoms with Crippen LogP contribution < -0.4 is 0 Å². The van der Waals surface area contributed by atoms with E-state index in [-0.39, 0.29) is 5.82 Å². The van der Waals surface area contributed by atoms with E-state index in [9.17, 15) is 0 Å². The van der Waals surface area contributed by atoms with Gasteiger partial charge in [0.1, 0.15) is 5.82 Å². The van der Waals surface area contributed by atoms with E-state index >= 15 is 4.39 Å². The molecule has 166 valence electrons. The highest BCUT2D eigenvalue weighted by Gasteiger charge is 2.20. The van der Waals surface area contributed by atoms with Crippen LogP contribution in [-0.2, 0) is 12.8 Å². The molecule has 1 aliphatic rings. The lowest BCUT2D eigenvalue weighted by Crippen LogP contribution is -2.15. The molecule has 0 nitrogen and oxygen atoms in total. The predicted molar refractivity (Wildman–Crippen MR) is 134 cm³/mol. The molecule has 0 aromatic heterocycles. The van der Waals surface area contributed by atoms with Gasteiger partial charge in [-0.15, -0.1) is 0 Å². The topological polar surface area (TPSA) is 0 Å². The van der Waals surface area contributed by atoms with Crippen LogP contribution in [0.25, 0.3) is 10.8 Å². The zero-order valence-corrected chi connectivity index (χ0v) is 19.6. The molecule has 0 N–H and O–H groups in total. The molecule has 0 saturated heterocycles. The second kappa shape index (κ2) is 10.8. The molecule has 0 amide bonds. The zero-order valence-electron chi connectivity index (χ0n) is 19.6. The SMILES string of the molecule is CCCC1CCC(CCc2ccc3c(F)c(C#Cc4ccc(CC)cc4)ccc3c2)CC1. The van der Waals surface area contributed by atoms with E-state index in [1.165, 1.54) is 56.1 Å². The van der Waals surface area contributed by atoms with Gasteiger partial charge in [0.2, 0.25) is 0 Å². The fraction of sp³-hybridized carbons (Fsp3) is 0.419. The third kappa shape index (κ3) is 5.60. The summed E-state index contributed by atoms with van der Waals surface area (Å²) < 4.78 is 15.1. The number of hydrogen-bond acceptors (Lipinski definition) is 0. The summed E-state index contributed by atoms with van der Waals surface area (Å²) in [6, 6.07) is 18.2. The van der Waals surface area contributed by atoms with Gasteiger partial charge in [0.25, 0.3) is 0 Å². The highest BCUT2D eigenvalue weighted by molar-refractivity contribution is 5.85. The van der Waals surface area contributed by atoms with Gasteiger partial charge in [0.05, 0.1) is 5.56 Å². The summed E-state index contributed by atoms with van der Waals surface area (Å²) in [7, 11) is 0. The van der Waals surface area contributed by atoms with Gasteiger partial charge in [-0.2, -0.15) is 0 Å². The Bertz CT molecular complexity index is 1090. The molecule has 1 heteroatoms. The molecule has 0 aliphatic heterocycles. The first-order chi connectivity index (χ1) is 15.7. The molecule has 32 heavy (non-hydrogen) atoms. The zero-order chi connectivity index (χ0) is 22.3. The molecule has 1 aliphatic carbocycles. The molecular formula is C31H35F. The van der Waals surface area contributed by atoms with Crippen molar-refractivity contribution in [2.45, 2.75) is 71.6 Å². The Morgan fingerprint density at radius 2 is 1.47 bits per heavy atom. The van der Waals surface area contributed by atoms with Gasteiger partial charge < -0.3 is 0 Å². The van der Waals surface area contributed by atoms with E-state index in [4.69, 9.17) is 0 Å². The summed E-state index contributed by atoms with van der Waals surface area (Å²) in [6.45, 7) is 4.43. The Morgan fingerprint density at radius 1 is 0.781 bits per heavy atom. The molecule has 1 saturated carbocycles. The first-order valence-corrected chi connectivity index (χ1v) is 12.5. The van der Waals surface area contributed by atoms with Gasteiger partial charge >= 0.3 is 0 Å². The van der Waals surface area contributed by atoms with Crippen LogP contribution in [-0.4, -0.2) is 0 Å². The maximum absolute atomic E-state index is 15.1. The van der Waals surface area contributed by atoms with E-state index in [0.29, 0.717) is 10.9 Å². The van der Waals surface area contributed by atoms with Crippen molar-refractivity contribution in [3.63, 3.8) is 0 Å². The number of fused-ring (bicyclic) bond motifs is 1. The van der Waals surface area contributed by atoms with Gasteiger partial charge in [-0.3, -0.25) is 0 Å². The number of hydrogen-bond donors (Lipinski definition) is 0. The molecule has 3 aromatic carbocycles. The Kier molecular flexibility index (Phi) is 7.64. The maximum atomic E-state index is 15.1. The van der Waals surface area contributed by atoms with Crippen molar-refractivity contribution in [2.75, 3.05) is 0 Å². The monoisotopic (exact) mass is 426 g/mol. The van der Waals surface area contributed by atoms with Crippen molar-refractivity contribution in [3.8, 4) is 11.8 Å². The second-order valence-electron chi connectivity index (χ2n) is 9.50. The minimum atomic E-state index is -0.207.